The van der Waals surface area contributed by atoms with Crippen molar-refractivity contribution in [3.05, 3.63) is 72.9 Å². The normalized spacial score (nSPS) is 14.3. The average molecular weight is 1000 g/mol. The smallest absolute Gasteiger partial charge is 0.306 e. The van der Waals surface area contributed by atoms with Crippen molar-refractivity contribution < 1.29 is 37.3 Å². The molecule has 0 aliphatic heterocycles. The zero-order valence-electron chi connectivity index (χ0n) is 46.2. The summed E-state index contributed by atoms with van der Waals surface area (Å²) < 4.78 is 30.1. The fraction of sp³-hybridized carbons (Fsp3) is 0.767. The highest BCUT2D eigenvalue weighted by Crippen LogP contribution is 2.38. The molecule has 0 radical (unpaired) electrons. The van der Waals surface area contributed by atoms with Gasteiger partial charge in [0.1, 0.15) is 19.3 Å². The molecule has 0 aliphatic carbocycles. The summed E-state index contributed by atoms with van der Waals surface area (Å²) in [5, 5.41) is 3.00. The summed E-state index contributed by atoms with van der Waals surface area (Å²) >= 11 is 0. The number of hydrogen-bond donors (Lipinski definition) is 1. The van der Waals surface area contributed by atoms with Crippen LogP contribution in [0.25, 0.3) is 0 Å². The van der Waals surface area contributed by atoms with Crippen LogP contribution in [0, 0.1) is 0 Å². The molecular formula is C60H109N2O7P. The van der Waals surface area contributed by atoms with Gasteiger partial charge in [-0.3, -0.25) is 14.2 Å². The van der Waals surface area contributed by atoms with Crippen LogP contribution in [0.3, 0.4) is 0 Å². The Hall–Kier alpha value is -2.55. The van der Waals surface area contributed by atoms with Gasteiger partial charge >= 0.3 is 5.97 Å². The highest BCUT2D eigenvalue weighted by atomic mass is 31.2. The summed E-state index contributed by atoms with van der Waals surface area (Å²) in [6.45, 7) is 6.75. The second kappa shape index (κ2) is 50.0. The predicted molar refractivity (Wildman–Crippen MR) is 298 cm³/mol. The van der Waals surface area contributed by atoms with Gasteiger partial charge in [-0.15, -0.1) is 0 Å². The minimum atomic E-state index is -4.71. The molecule has 1 amide bonds. The van der Waals surface area contributed by atoms with Crippen molar-refractivity contribution in [2.75, 3.05) is 40.9 Å². The van der Waals surface area contributed by atoms with E-state index >= 15 is 0 Å². The van der Waals surface area contributed by atoms with E-state index < -0.39 is 32.5 Å². The van der Waals surface area contributed by atoms with Gasteiger partial charge in [-0.05, 0) is 96.0 Å². The molecular weight excluding hydrogens is 892 g/mol. The fourth-order valence-electron chi connectivity index (χ4n) is 7.86. The Morgan fingerprint density at radius 3 is 1.37 bits per heavy atom. The summed E-state index contributed by atoms with van der Waals surface area (Å²) in [7, 11) is 1.15. The molecule has 0 rings (SSSR count). The molecule has 3 atom stereocenters. The summed E-state index contributed by atoms with van der Waals surface area (Å²) in [6, 6.07) is -0.915. The first-order valence-corrected chi connectivity index (χ1v) is 30.2. The van der Waals surface area contributed by atoms with Crippen LogP contribution in [0.2, 0.25) is 0 Å². The molecule has 1 N–H and O–H groups in total. The molecule has 3 unspecified atom stereocenters. The third-order valence-corrected chi connectivity index (χ3v) is 13.3. The van der Waals surface area contributed by atoms with Gasteiger partial charge in [0.05, 0.1) is 33.8 Å². The predicted octanol–water partition coefficient (Wildman–Crippen LogP) is 16.6. The van der Waals surface area contributed by atoms with Crippen LogP contribution in [0.1, 0.15) is 245 Å². The van der Waals surface area contributed by atoms with Gasteiger partial charge in [0, 0.05) is 12.8 Å². The molecule has 0 aliphatic rings. The maximum Gasteiger partial charge on any atom is 0.306 e. The first-order valence-electron chi connectivity index (χ1n) is 28.7. The highest BCUT2D eigenvalue weighted by Gasteiger charge is 2.27. The molecule has 0 heterocycles. The van der Waals surface area contributed by atoms with Gasteiger partial charge < -0.3 is 28.5 Å². The number of rotatable bonds is 51. The summed E-state index contributed by atoms with van der Waals surface area (Å²) in [4.78, 5) is 39.8. The molecule has 0 saturated carbocycles. The Morgan fingerprint density at radius 2 is 0.886 bits per heavy atom. The molecule has 9 nitrogen and oxygen atoms in total. The SMILES string of the molecule is CCCCC/C=C\C/C=C\C/C=C\C/C=C\CCCC(=O)OC(/C=C/CCCCCCCCCCC)C(COP(=O)([O-])OCC[N+](C)(C)C)NC(=O)CCCCCCC/C=C/CCCCCCCCC. The topological polar surface area (TPSA) is 114 Å². The van der Waals surface area contributed by atoms with E-state index in [1.807, 2.05) is 27.2 Å². The number of carbonyl (C=O) groups is 2. The Labute approximate surface area is 432 Å². The second-order valence-corrected chi connectivity index (χ2v) is 21.8. The van der Waals surface area contributed by atoms with Gasteiger partial charge in [0.25, 0.3) is 7.82 Å². The number of phosphoric ester groups is 1. The molecule has 10 heteroatoms. The van der Waals surface area contributed by atoms with Crippen molar-refractivity contribution in [2.24, 2.45) is 0 Å². The van der Waals surface area contributed by atoms with Crippen molar-refractivity contribution in [2.45, 2.75) is 258 Å². The largest absolute Gasteiger partial charge is 0.756 e. The van der Waals surface area contributed by atoms with Crippen LogP contribution in [-0.2, 0) is 27.9 Å². The van der Waals surface area contributed by atoms with Crippen molar-refractivity contribution in [3.8, 4) is 0 Å². The van der Waals surface area contributed by atoms with Crippen LogP contribution >= 0.6 is 7.82 Å². The number of quaternary nitrogens is 1. The summed E-state index contributed by atoms with van der Waals surface area (Å²) in [5.74, 6) is -0.618. The number of ether oxygens (including phenoxy) is 1. The fourth-order valence-corrected chi connectivity index (χ4v) is 8.58. The number of nitrogens with zero attached hydrogens (tertiary/aromatic N) is 1. The van der Waals surface area contributed by atoms with Gasteiger partial charge in [0.15, 0.2) is 0 Å². The van der Waals surface area contributed by atoms with Crippen LogP contribution in [0.4, 0.5) is 0 Å². The lowest BCUT2D eigenvalue weighted by atomic mass is 10.1. The number of amides is 1. The summed E-state index contributed by atoms with van der Waals surface area (Å²) in [5.41, 5.74) is 0. The first kappa shape index (κ1) is 67.5. The first-order chi connectivity index (χ1) is 33.9. The zero-order chi connectivity index (χ0) is 51.5. The lowest BCUT2D eigenvalue weighted by Crippen LogP contribution is -2.47. The molecule has 0 aromatic rings. The van der Waals surface area contributed by atoms with Crippen LogP contribution in [-0.4, -0.2) is 69.4 Å². The Kier molecular flexibility index (Phi) is 48.2. The van der Waals surface area contributed by atoms with Crippen molar-refractivity contribution >= 4 is 19.7 Å². The molecule has 0 saturated heterocycles. The monoisotopic (exact) mass is 1000 g/mol. The summed E-state index contributed by atoms with van der Waals surface area (Å²) in [6.07, 6.45) is 63.0. The van der Waals surface area contributed by atoms with E-state index in [0.717, 1.165) is 83.5 Å². The quantitative estimate of drug-likeness (QED) is 0.0212. The van der Waals surface area contributed by atoms with Gasteiger partial charge in [-0.25, -0.2) is 0 Å². The molecule has 0 aromatic heterocycles. The van der Waals surface area contributed by atoms with E-state index in [1.54, 1.807) is 6.08 Å². The van der Waals surface area contributed by atoms with E-state index in [9.17, 15) is 19.0 Å². The number of esters is 1. The maximum atomic E-state index is 13.5. The van der Waals surface area contributed by atoms with E-state index in [1.165, 1.54) is 122 Å². The molecule has 0 aromatic carbocycles. The van der Waals surface area contributed by atoms with Gasteiger partial charge in [-0.2, -0.15) is 0 Å². The Morgan fingerprint density at radius 1 is 0.500 bits per heavy atom. The number of unbranched alkanes of at least 4 members (excludes halogenated alkanes) is 25. The van der Waals surface area contributed by atoms with E-state index in [0.29, 0.717) is 23.9 Å². The third-order valence-electron chi connectivity index (χ3n) is 12.4. The molecule has 0 fully saturated rings. The standard InChI is InChI=1S/C60H109N2O7P/c1-7-10-13-16-19-22-25-27-29-31-33-35-38-41-44-47-50-53-60(64)69-58(51-48-45-42-39-36-24-21-18-15-12-9-3)57(56-68-70(65,66)67-55-54-62(4,5)6)61-59(63)52-49-46-43-40-37-34-32-30-28-26-23-20-17-14-11-8-2/h19,22,27,29-30,32-33,35,41,44,48,51,57-58H,7-18,20-21,23-26,28,31,34,36-40,42-43,45-47,49-50,52-56H2,1-6H3,(H-,61,63,65,66)/b22-19-,29-27-,32-30+,35-33-,44-41-,51-48+. The number of phosphoric acid groups is 1. The Balaban J connectivity index is 5.43. The van der Waals surface area contributed by atoms with E-state index in [2.05, 4.69) is 86.8 Å². The lowest BCUT2D eigenvalue weighted by Gasteiger charge is -2.30. The van der Waals surface area contributed by atoms with Crippen LogP contribution in [0.5, 0.6) is 0 Å². The molecule has 0 spiro atoms. The zero-order valence-corrected chi connectivity index (χ0v) is 47.1. The van der Waals surface area contributed by atoms with Crippen molar-refractivity contribution in [1.29, 1.82) is 0 Å². The lowest BCUT2D eigenvalue weighted by molar-refractivity contribution is -0.870. The second-order valence-electron chi connectivity index (χ2n) is 20.4. The van der Waals surface area contributed by atoms with E-state index in [4.69, 9.17) is 13.8 Å². The minimum absolute atomic E-state index is 0.0344. The molecule has 0 bridgehead atoms. The number of hydrogen-bond acceptors (Lipinski definition) is 7. The minimum Gasteiger partial charge on any atom is -0.756 e. The van der Waals surface area contributed by atoms with Crippen LogP contribution in [0.15, 0.2) is 72.9 Å². The molecule has 406 valence electrons. The average Bonchev–Trinajstić information content (AvgIpc) is 3.32. The van der Waals surface area contributed by atoms with Crippen molar-refractivity contribution in [3.63, 3.8) is 0 Å². The van der Waals surface area contributed by atoms with E-state index in [-0.39, 0.29) is 18.9 Å². The number of carbonyl (C=O) groups excluding carboxylic acids is 2. The van der Waals surface area contributed by atoms with Gasteiger partial charge in [-0.1, -0.05) is 210 Å². The molecule has 70 heavy (non-hydrogen) atoms. The highest BCUT2D eigenvalue weighted by molar-refractivity contribution is 7.45. The number of nitrogens with one attached hydrogen (secondary N) is 1. The van der Waals surface area contributed by atoms with Gasteiger partial charge in [0.2, 0.25) is 5.91 Å². The van der Waals surface area contributed by atoms with Crippen LogP contribution < -0.4 is 10.2 Å². The number of allylic oxidation sites excluding steroid dienone is 11. The Bertz CT molecular complexity index is 1430. The number of likely N-dealkylation sites (N-methyl/N-ethyl adjacent to an activating group) is 1. The van der Waals surface area contributed by atoms with Crippen molar-refractivity contribution in [1.82, 2.24) is 5.32 Å². The maximum absolute atomic E-state index is 13.5. The third kappa shape index (κ3) is 50.4.